The Morgan fingerprint density at radius 2 is 1.86 bits per heavy atom. The second-order valence-corrected chi connectivity index (χ2v) is 4.89. The molecule has 0 radical (unpaired) electrons. The minimum Gasteiger partial charge on any atom is -0.371 e. The molecule has 0 saturated heterocycles. The zero-order valence-electron chi connectivity index (χ0n) is 11.2. The van der Waals surface area contributed by atoms with Crippen LogP contribution in [0.5, 0.6) is 0 Å². The number of carbonyl (C=O) groups is 1. The molecule has 2 aromatic rings. The molecule has 0 aliphatic rings. The molecule has 0 atom stereocenters. The van der Waals surface area contributed by atoms with Crippen molar-refractivity contribution in [3.05, 3.63) is 58.6 Å². The minimum absolute atomic E-state index is 0.260. The van der Waals surface area contributed by atoms with Gasteiger partial charge in [0.25, 0.3) is 0 Å². The number of nitrogens with one attached hydrogen (secondary N) is 2. The van der Waals surface area contributed by atoms with Crippen molar-refractivity contribution in [1.82, 2.24) is 0 Å². The second kappa shape index (κ2) is 6.54. The highest BCUT2D eigenvalue weighted by Gasteiger charge is 2.10. The van der Waals surface area contributed by atoms with Gasteiger partial charge in [0.1, 0.15) is 17.3 Å². The summed E-state index contributed by atoms with van der Waals surface area (Å²) in [6.07, 6.45) is 0. The average Bonchev–Trinajstić information content (AvgIpc) is 2.42. The molecule has 0 aliphatic heterocycles. The van der Waals surface area contributed by atoms with Crippen molar-refractivity contribution in [2.45, 2.75) is 6.92 Å². The van der Waals surface area contributed by atoms with Crippen molar-refractivity contribution in [1.29, 1.82) is 0 Å². The number of anilines is 2. The Balaban J connectivity index is 2.01. The zero-order valence-corrected chi connectivity index (χ0v) is 12.0. The van der Waals surface area contributed by atoms with Crippen LogP contribution in [0.15, 0.2) is 36.4 Å². The van der Waals surface area contributed by atoms with Gasteiger partial charge in [-0.2, -0.15) is 0 Å². The SMILES string of the molecule is Cc1ccc(Cl)cc1NC(=O)CNc1c(F)cccc1F. The number of hydrogen-bond donors (Lipinski definition) is 2. The molecule has 3 nitrogen and oxygen atoms in total. The van der Waals surface area contributed by atoms with Gasteiger partial charge < -0.3 is 10.6 Å². The molecule has 6 heteroatoms. The third-order valence-corrected chi connectivity index (χ3v) is 3.10. The molecule has 0 aliphatic carbocycles. The van der Waals surface area contributed by atoms with Crippen LogP contribution in [-0.2, 0) is 4.79 Å². The fourth-order valence-electron chi connectivity index (χ4n) is 1.76. The highest BCUT2D eigenvalue weighted by molar-refractivity contribution is 6.31. The molecule has 0 spiro atoms. The van der Waals surface area contributed by atoms with E-state index >= 15 is 0 Å². The fraction of sp³-hybridized carbons (Fsp3) is 0.133. The van der Waals surface area contributed by atoms with Gasteiger partial charge in [-0.1, -0.05) is 23.7 Å². The Morgan fingerprint density at radius 3 is 2.52 bits per heavy atom. The van der Waals surface area contributed by atoms with E-state index in [-0.39, 0.29) is 12.2 Å². The quantitative estimate of drug-likeness (QED) is 0.897. The molecular formula is C15H13ClF2N2O. The molecule has 21 heavy (non-hydrogen) atoms. The van der Waals surface area contributed by atoms with Gasteiger partial charge in [0.2, 0.25) is 5.91 Å². The van der Waals surface area contributed by atoms with E-state index in [0.29, 0.717) is 10.7 Å². The van der Waals surface area contributed by atoms with E-state index in [1.807, 2.05) is 6.92 Å². The number of amides is 1. The average molecular weight is 311 g/mol. The van der Waals surface area contributed by atoms with Crippen molar-refractivity contribution < 1.29 is 13.6 Å². The van der Waals surface area contributed by atoms with Crippen molar-refractivity contribution in [3.8, 4) is 0 Å². The summed E-state index contributed by atoms with van der Waals surface area (Å²) in [5, 5.41) is 5.56. The summed E-state index contributed by atoms with van der Waals surface area (Å²) in [6, 6.07) is 8.57. The number of hydrogen-bond acceptors (Lipinski definition) is 2. The van der Waals surface area contributed by atoms with Crippen LogP contribution >= 0.6 is 11.6 Å². The normalized spacial score (nSPS) is 10.3. The third kappa shape index (κ3) is 3.92. The monoisotopic (exact) mass is 310 g/mol. The smallest absolute Gasteiger partial charge is 0.243 e. The summed E-state index contributed by atoms with van der Waals surface area (Å²) in [5.74, 6) is -1.92. The van der Waals surface area contributed by atoms with Gasteiger partial charge >= 0.3 is 0 Å². The van der Waals surface area contributed by atoms with E-state index in [4.69, 9.17) is 11.6 Å². The van der Waals surface area contributed by atoms with Gasteiger partial charge in [-0.25, -0.2) is 8.78 Å². The first-order chi connectivity index (χ1) is 9.97. The Bertz CT molecular complexity index is 656. The van der Waals surface area contributed by atoms with E-state index < -0.39 is 17.5 Å². The molecule has 2 N–H and O–H groups in total. The van der Waals surface area contributed by atoms with Crippen molar-refractivity contribution in [2.75, 3.05) is 17.2 Å². The highest BCUT2D eigenvalue weighted by atomic mass is 35.5. The van der Waals surface area contributed by atoms with Crippen LogP contribution in [0.25, 0.3) is 0 Å². The van der Waals surface area contributed by atoms with E-state index in [2.05, 4.69) is 10.6 Å². The molecule has 0 saturated carbocycles. The number of carbonyl (C=O) groups excluding carboxylic acids is 1. The maximum Gasteiger partial charge on any atom is 0.243 e. The van der Waals surface area contributed by atoms with Crippen molar-refractivity contribution in [2.24, 2.45) is 0 Å². The largest absolute Gasteiger partial charge is 0.371 e. The van der Waals surface area contributed by atoms with Gasteiger partial charge in [-0.15, -0.1) is 0 Å². The number of halogens is 3. The maximum atomic E-state index is 13.4. The van der Waals surface area contributed by atoms with Crippen molar-refractivity contribution >= 4 is 28.9 Å². The van der Waals surface area contributed by atoms with Crippen LogP contribution in [0.2, 0.25) is 5.02 Å². The van der Waals surface area contributed by atoms with Gasteiger partial charge in [0.15, 0.2) is 0 Å². The Hall–Kier alpha value is -2.14. The summed E-state index contributed by atoms with van der Waals surface area (Å²) in [4.78, 5) is 11.8. The van der Waals surface area contributed by atoms with Crippen molar-refractivity contribution in [3.63, 3.8) is 0 Å². The lowest BCUT2D eigenvalue weighted by Gasteiger charge is -2.11. The topological polar surface area (TPSA) is 41.1 Å². The second-order valence-electron chi connectivity index (χ2n) is 4.46. The zero-order chi connectivity index (χ0) is 15.4. The standard InChI is InChI=1S/C15H13ClF2N2O/c1-9-5-6-10(16)7-13(9)20-14(21)8-19-15-11(17)3-2-4-12(15)18/h2-7,19H,8H2,1H3,(H,20,21). The third-order valence-electron chi connectivity index (χ3n) is 2.86. The molecule has 0 fully saturated rings. The lowest BCUT2D eigenvalue weighted by Crippen LogP contribution is -2.23. The molecule has 2 rings (SSSR count). The van der Waals surface area contributed by atoms with Crippen LogP contribution in [-0.4, -0.2) is 12.5 Å². The first-order valence-electron chi connectivity index (χ1n) is 6.21. The van der Waals surface area contributed by atoms with E-state index in [9.17, 15) is 13.6 Å². The number of benzene rings is 2. The molecule has 1 amide bonds. The fourth-order valence-corrected chi connectivity index (χ4v) is 1.93. The summed E-state index contributed by atoms with van der Waals surface area (Å²) in [6.45, 7) is 1.56. The van der Waals surface area contributed by atoms with Crippen LogP contribution in [0.3, 0.4) is 0 Å². The number of aryl methyl sites for hydroxylation is 1. The Labute approximate surface area is 125 Å². The molecule has 2 aromatic carbocycles. The highest BCUT2D eigenvalue weighted by Crippen LogP contribution is 2.20. The van der Waals surface area contributed by atoms with Crippen LogP contribution in [0.1, 0.15) is 5.56 Å². The lowest BCUT2D eigenvalue weighted by atomic mass is 10.2. The van der Waals surface area contributed by atoms with Gasteiger partial charge in [-0.3, -0.25) is 4.79 Å². The Kier molecular flexibility index (Phi) is 4.75. The number of rotatable bonds is 4. The molecular weight excluding hydrogens is 298 g/mol. The molecule has 0 heterocycles. The van der Waals surface area contributed by atoms with E-state index in [1.54, 1.807) is 18.2 Å². The summed E-state index contributed by atoms with van der Waals surface area (Å²) in [7, 11) is 0. The Morgan fingerprint density at radius 1 is 1.19 bits per heavy atom. The first-order valence-corrected chi connectivity index (χ1v) is 6.59. The summed E-state index contributed by atoms with van der Waals surface area (Å²) < 4.78 is 26.8. The van der Waals surface area contributed by atoms with Crippen LogP contribution in [0.4, 0.5) is 20.2 Å². The van der Waals surface area contributed by atoms with Crippen LogP contribution in [0, 0.1) is 18.6 Å². The van der Waals surface area contributed by atoms with Crippen LogP contribution < -0.4 is 10.6 Å². The summed E-state index contributed by atoms with van der Waals surface area (Å²) >= 11 is 5.85. The lowest BCUT2D eigenvalue weighted by molar-refractivity contribution is -0.114. The molecule has 110 valence electrons. The number of para-hydroxylation sites is 1. The predicted octanol–water partition coefficient (Wildman–Crippen LogP) is 3.98. The van der Waals surface area contributed by atoms with Gasteiger partial charge in [0.05, 0.1) is 6.54 Å². The molecule has 0 aromatic heterocycles. The minimum atomic E-state index is -0.748. The molecule has 0 unspecified atom stereocenters. The summed E-state index contributed by atoms with van der Waals surface area (Å²) in [5.41, 5.74) is 1.07. The maximum absolute atomic E-state index is 13.4. The van der Waals surface area contributed by atoms with Gasteiger partial charge in [0, 0.05) is 10.7 Å². The van der Waals surface area contributed by atoms with E-state index in [0.717, 1.165) is 17.7 Å². The van der Waals surface area contributed by atoms with Gasteiger partial charge in [-0.05, 0) is 36.8 Å². The first kappa shape index (κ1) is 15.3. The molecule has 0 bridgehead atoms. The predicted molar refractivity (Wildman–Crippen MR) is 79.7 cm³/mol. The van der Waals surface area contributed by atoms with E-state index in [1.165, 1.54) is 6.07 Å².